The summed E-state index contributed by atoms with van der Waals surface area (Å²) in [4.78, 5) is 14.0. The molecule has 1 rings (SSSR count). The summed E-state index contributed by atoms with van der Waals surface area (Å²) in [7, 11) is 0. The first-order valence-corrected chi connectivity index (χ1v) is 9.68. The van der Waals surface area contributed by atoms with Crippen LogP contribution < -0.4 is 4.74 Å². The molecule has 0 aliphatic carbocycles. The van der Waals surface area contributed by atoms with E-state index in [-0.39, 0.29) is 23.3 Å². The zero-order chi connectivity index (χ0) is 19.3. The van der Waals surface area contributed by atoms with Gasteiger partial charge in [0.1, 0.15) is 5.75 Å². The molecule has 0 spiro atoms. The quantitative estimate of drug-likeness (QED) is 0.606. The minimum Gasteiger partial charge on any atom is -0.484 e. The highest BCUT2D eigenvalue weighted by atomic mass is 16.5. The highest BCUT2D eigenvalue weighted by Gasteiger charge is 2.29. The van der Waals surface area contributed by atoms with Gasteiger partial charge in [-0.25, -0.2) is 0 Å². The van der Waals surface area contributed by atoms with Crippen LogP contribution in [-0.2, 0) is 15.6 Å². The summed E-state index contributed by atoms with van der Waals surface area (Å²) in [6, 6.07) is 6.34. The van der Waals surface area contributed by atoms with Crippen molar-refractivity contribution in [2.45, 2.75) is 79.1 Å². The van der Waals surface area contributed by atoms with Gasteiger partial charge in [-0.05, 0) is 60.8 Å². The monoisotopic (exact) mass is 347 g/mol. The Labute approximate surface area is 154 Å². The van der Waals surface area contributed by atoms with Crippen molar-refractivity contribution in [3.8, 4) is 5.75 Å². The van der Waals surface area contributed by atoms with Gasteiger partial charge < -0.3 is 9.64 Å². The largest absolute Gasteiger partial charge is 0.484 e. The third-order valence-electron chi connectivity index (χ3n) is 5.70. The van der Waals surface area contributed by atoms with E-state index in [2.05, 4.69) is 53.7 Å². The van der Waals surface area contributed by atoms with Crippen LogP contribution in [0.5, 0.6) is 5.75 Å². The third kappa shape index (κ3) is 5.23. The average molecular weight is 348 g/mol. The first-order valence-electron chi connectivity index (χ1n) is 9.68. The number of carbonyl (C=O) groups is 1. The highest BCUT2D eigenvalue weighted by molar-refractivity contribution is 5.77. The van der Waals surface area contributed by atoms with Crippen molar-refractivity contribution < 1.29 is 9.53 Å². The zero-order valence-electron chi connectivity index (χ0n) is 17.5. The van der Waals surface area contributed by atoms with Crippen LogP contribution in [-0.4, -0.2) is 30.5 Å². The Morgan fingerprint density at radius 2 is 1.44 bits per heavy atom. The molecular weight excluding hydrogens is 310 g/mol. The number of hydrogen-bond donors (Lipinski definition) is 0. The van der Waals surface area contributed by atoms with Crippen molar-refractivity contribution in [3.63, 3.8) is 0 Å². The third-order valence-corrected chi connectivity index (χ3v) is 5.70. The predicted molar refractivity (Wildman–Crippen MR) is 106 cm³/mol. The van der Waals surface area contributed by atoms with Crippen LogP contribution in [0.15, 0.2) is 18.2 Å². The average Bonchev–Trinajstić information content (AvgIpc) is 2.60. The maximum Gasteiger partial charge on any atom is 0.260 e. The summed E-state index contributed by atoms with van der Waals surface area (Å²) in [6.07, 6.45) is 2.14. The molecule has 3 heteroatoms. The van der Waals surface area contributed by atoms with Crippen LogP contribution in [0.1, 0.15) is 79.4 Å². The van der Waals surface area contributed by atoms with Crippen LogP contribution in [0.25, 0.3) is 0 Å². The van der Waals surface area contributed by atoms with E-state index in [1.807, 2.05) is 19.9 Å². The molecule has 0 fully saturated rings. The van der Waals surface area contributed by atoms with Gasteiger partial charge in [0.15, 0.2) is 6.61 Å². The van der Waals surface area contributed by atoms with Gasteiger partial charge in [0, 0.05) is 13.1 Å². The van der Waals surface area contributed by atoms with Crippen LogP contribution in [0.4, 0.5) is 0 Å². The summed E-state index contributed by atoms with van der Waals surface area (Å²) >= 11 is 0. The molecule has 0 heterocycles. The Kier molecular flexibility index (Phi) is 7.52. The van der Waals surface area contributed by atoms with Crippen LogP contribution in [0.2, 0.25) is 0 Å². The lowest BCUT2D eigenvalue weighted by atomic mass is 9.71. The predicted octanol–water partition coefficient (Wildman–Crippen LogP) is 5.31. The van der Waals surface area contributed by atoms with Gasteiger partial charge >= 0.3 is 0 Å². The Bertz CT molecular complexity index is 571. The molecule has 0 aromatic heterocycles. The SMILES string of the molecule is CCN(CC)C(=O)COc1ccc(C(C)(C)CC)c(C(C)(C)CC)c1. The number of carbonyl (C=O) groups excluding carboxylic acids is 1. The van der Waals surface area contributed by atoms with Crippen molar-refractivity contribution in [2.75, 3.05) is 19.7 Å². The number of nitrogens with zero attached hydrogens (tertiary/aromatic N) is 1. The summed E-state index contributed by atoms with van der Waals surface area (Å²) in [6.45, 7) is 19.1. The summed E-state index contributed by atoms with van der Waals surface area (Å²) in [5.74, 6) is 0.826. The van der Waals surface area contributed by atoms with Crippen LogP contribution in [0.3, 0.4) is 0 Å². The number of rotatable bonds is 9. The second-order valence-electron chi connectivity index (χ2n) is 8.04. The minimum absolute atomic E-state index is 0.0410. The molecule has 3 nitrogen and oxygen atoms in total. The summed E-state index contributed by atoms with van der Waals surface area (Å²) in [5.41, 5.74) is 2.90. The molecule has 0 radical (unpaired) electrons. The molecule has 0 aliphatic heterocycles. The molecule has 0 unspecified atom stereocenters. The Morgan fingerprint density at radius 1 is 0.920 bits per heavy atom. The van der Waals surface area contributed by atoms with E-state index < -0.39 is 0 Å². The molecule has 1 amide bonds. The highest BCUT2D eigenvalue weighted by Crippen LogP contribution is 2.39. The molecule has 0 N–H and O–H groups in total. The fourth-order valence-electron chi connectivity index (χ4n) is 2.96. The number of hydrogen-bond acceptors (Lipinski definition) is 2. The van der Waals surface area contributed by atoms with Crippen LogP contribution in [0, 0.1) is 0 Å². The Hall–Kier alpha value is -1.51. The van der Waals surface area contributed by atoms with E-state index >= 15 is 0 Å². The molecule has 0 atom stereocenters. The van der Waals surface area contributed by atoms with Gasteiger partial charge in [0.2, 0.25) is 0 Å². The molecule has 0 aliphatic rings. The van der Waals surface area contributed by atoms with Gasteiger partial charge in [-0.15, -0.1) is 0 Å². The number of benzene rings is 1. The van der Waals surface area contributed by atoms with E-state index in [1.165, 1.54) is 11.1 Å². The number of amides is 1. The van der Waals surface area contributed by atoms with Crippen molar-refractivity contribution in [3.05, 3.63) is 29.3 Å². The maximum atomic E-state index is 12.2. The summed E-state index contributed by atoms with van der Waals surface area (Å²) < 4.78 is 5.84. The number of likely N-dealkylation sites (N-methyl/N-ethyl adjacent to an activating group) is 1. The molecule has 25 heavy (non-hydrogen) atoms. The van der Waals surface area contributed by atoms with E-state index in [0.717, 1.165) is 31.7 Å². The van der Waals surface area contributed by atoms with Crippen molar-refractivity contribution in [2.24, 2.45) is 0 Å². The molecular formula is C22H37NO2. The van der Waals surface area contributed by atoms with Crippen LogP contribution >= 0.6 is 0 Å². The van der Waals surface area contributed by atoms with E-state index in [4.69, 9.17) is 4.74 Å². The zero-order valence-corrected chi connectivity index (χ0v) is 17.5. The Morgan fingerprint density at radius 3 is 1.92 bits per heavy atom. The van der Waals surface area contributed by atoms with Gasteiger partial charge in [0.25, 0.3) is 5.91 Å². The molecule has 0 saturated carbocycles. The van der Waals surface area contributed by atoms with Crippen molar-refractivity contribution >= 4 is 5.91 Å². The van der Waals surface area contributed by atoms with Gasteiger partial charge in [-0.2, -0.15) is 0 Å². The molecule has 1 aromatic rings. The molecule has 0 bridgehead atoms. The standard InChI is InChI=1S/C22H37NO2/c1-9-21(5,6)18-14-13-17(15-19(18)22(7,8)10-2)25-16-20(24)23(11-3)12-4/h13-15H,9-12,16H2,1-8H3. The van der Waals surface area contributed by atoms with E-state index in [0.29, 0.717) is 0 Å². The first-order chi connectivity index (χ1) is 11.6. The van der Waals surface area contributed by atoms with E-state index in [1.54, 1.807) is 4.90 Å². The van der Waals surface area contributed by atoms with E-state index in [9.17, 15) is 4.79 Å². The molecule has 142 valence electrons. The molecule has 1 aromatic carbocycles. The van der Waals surface area contributed by atoms with Gasteiger partial charge in [0.05, 0.1) is 0 Å². The van der Waals surface area contributed by atoms with Crippen molar-refractivity contribution in [1.29, 1.82) is 0 Å². The smallest absolute Gasteiger partial charge is 0.260 e. The normalized spacial score (nSPS) is 12.2. The fourth-order valence-corrected chi connectivity index (χ4v) is 2.96. The summed E-state index contributed by atoms with van der Waals surface area (Å²) in [5, 5.41) is 0. The second kappa shape index (κ2) is 8.73. The first kappa shape index (κ1) is 21.5. The lowest BCUT2D eigenvalue weighted by Gasteiger charge is -2.34. The molecule has 0 saturated heterocycles. The minimum atomic E-state index is 0.0410. The maximum absolute atomic E-state index is 12.2. The number of ether oxygens (including phenoxy) is 1. The second-order valence-corrected chi connectivity index (χ2v) is 8.04. The van der Waals surface area contributed by atoms with Gasteiger partial charge in [-0.3, -0.25) is 4.79 Å². The fraction of sp³-hybridized carbons (Fsp3) is 0.682. The lowest BCUT2D eigenvalue weighted by Crippen LogP contribution is -2.34. The Balaban J connectivity index is 3.13. The topological polar surface area (TPSA) is 29.5 Å². The van der Waals surface area contributed by atoms with Gasteiger partial charge in [-0.1, -0.05) is 47.6 Å². The van der Waals surface area contributed by atoms with Crippen molar-refractivity contribution in [1.82, 2.24) is 4.90 Å². The lowest BCUT2D eigenvalue weighted by molar-refractivity contribution is -0.132.